The van der Waals surface area contributed by atoms with Crippen molar-refractivity contribution in [3.05, 3.63) is 22.7 Å². The third kappa shape index (κ3) is 4.55. The number of aliphatic hydroxyl groups excluding tert-OH is 1. The van der Waals surface area contributed by atoms with Crippen LogP contribution in [0.1, 0.15) is 20.8 Å². The number of carbonyl (C=O) groups excluding carboxylic acids is 1. The molecule has 1 heterocycles. The van der Waals surface area contributed by atoms with Crippen molar-refractivity contribution in [2.45, 2.75) is 51.1 Å². The van der Waals surface area contributed by atoms with Crippen LogP contribution in [0.5, 0.6) is 0 Å². The van der Waals surface area contributed by atoms with Gasteiger partial charge in [0.15, 0.2) is 14.4 Å². The van der Waals surface area contributed by atoms with E-state index in [2.05, 4.69) is 49.8 Å². The molecular formula is C14H23BrO4Si. The Balaban J connectivity index is 2.45. The van der Waals surface area contributed by atoms with Gasteiger partial charge < -0.3 is 14.3 Å². The van der Waals surface area contributed by atoms with Crippen molar-refractivity contribution in [1.29, 1.82) is 0 Å². The van der Waals surface area contributed by atoms with Crippen LogP contribution < -0.4 is 0 Å². The van der Waals surface area contributed by atoms with Gasteiger partial charge in [0.25, 0.3) is 0 Å². The van der Waals surface area contributed by atoms with Crippen molar-refractivity contribution < 1.29 is 19.1 Å². The zero-order valence-electron chi connectivity index (χ0n) is 12.6. The highest BCUT2D eigenvalue weighted by Gasteiger charge is 2.36. The summed E-state index contributed by atoms with van der Waals surface area (Å²) in [4.78, 5) is 11.2. The number of cyclic esters (lactones) is 1. The van der Waals surface area contributed by atoms with Gasteiger partial charge >= 0.3 is 5.97 Å². The first-order valence-electron chi connectivity index (χ1n) is 6.61. The van der Waals surface area contributed by atoms with E-state index < -0.39 is 26.5 Å². The topological polar surface area (TPSA) is 55.8 Å². The van der Waals surface area contributed by atoms with Crippen LogP contribution in [0.2, 0.25) is 18.1 Å². The molecule has 1 N–H and O–H groups in total. The first-order chi connectivity index (χ1) is 9.04. The van der Waals surface area contributed by atoms with Crippen LogP contribution in [-0.4, -0.2) is 38.2 Å². The van der Waals surface area contributed by atoms with E-state index in [1.807, 2.05) is 0 Å². The fraction of sp³-hybridized carbons (Fsp3) is 0.643. The molecule has 1 aliphatic rings. The smallest absolute Gasteiger partial charge is 0.345 e. The molecule has 1 rings (SSSR count). The lowest BCUT2D eigenvalue weighted by Gasteiger charge is -2.35. The summed E-state index contributed by atoms with van der Waals surface area (Å²) < 4.78 is 11.3. The van der Waals surface area contributed by atoms with E-state index in [1.165, 1.54) is 0 Å². The summed E-state index contributed by atoms with van der Waals surface area (Å²) in [6, 6.07) is 0. The van der Waals surface area contributed by atoms with Gasteiger partial charge in [0.1, 0.15) is 10.6 Å². The Hall–Kier alpha value is -0.433. The number of halogens is 1. The van der Waals surface area contributed by atoms with Crippen LogP contribution in [0.25, 0.3) is 0 Å². The predicted molar refractivity (Wildman–Crippen MR) is 85.2 cm³/mol. The number of rotatable bonds is 5. The van der Waals surface area contributed by atoms with Crippen LogP contribution in [0, 0.1) is 0 Å². The monoisotopic (exact) mass is 362 g/mol. The van der Waals surface area contributed by atoms with Gasteiger partial charge in [-0.2, -0.15) is 0 Å². The standard InChI is InChI=1S/C14H23BrO4Si/c1-14(2,3)20(4,5)18-8-6-7-11(16)12-9-10(15)13(17)19-12/h6-7,9,11-12,16H,8H2,1-5H3/b7-6+/t11-,12+/m0/s1. The SMILES string of the molecule is CC(C)(C)[Si](C)(C)OC/C=C/[C@H](O)[C@H]1C=C(Br)C(=O)O1. The first-order valence-corrected chi connectivity index (χ1v) is 10.3. The molecule has 0 aromatic carbocycles. The molecule has 1 aliphatic heterocycles. The minimum Gasteiger partial charge on any atom is -0.451 e. The van der Waals surface area contributed by atoms with Gasteiger partial charge in [0.05, 0.1) is 6.61 Å². The zero-order chi connectivity index (χ0) is 15.6. The van der Waals surface area contributed by atoms with Gasteiger partial charge in [0.2, 0.25) is 0 Å². The van der Waals surface area contributed by atoms with Gasteiger partial charge in [-0.1, -0.05) is 32.9 Å². The molecule has 0 fully saturated rings. The minimum absolute atomic E-state index is 0.161. The van der Waals surface area contributed by atoms with Gasteiger partial charge in [-0.25, -0.2) is 4.79 Å². The highest BCUT2D eigenvalue weighted by Crippen LogP contribution is 2.36. The molecule has 20 heavy (non-hydrogen) atoms. The molecule has 0 aliphatic carbocycles. The van der Waals surface area contributed by atoms with Gasteiger partial charge in [-0.3, -0.25) is 0 Å². The summed E-state index contributed by atoms with van der Waals surface area (Å²) in [7, 11) is -1.77. The molecule has 0 saturated heterocycles. The molecule has 4 nitrogen and oxygen atoms in total. The Morgan fingerprint density at radius 1 is 1.55 bits per heavy atom. The van der Waals surface area contributed by atoms with E-state index in [4.69, 9.17) is 9.16 Å². The lowest BCUT2D eigenvalue weighted by atomic mass is 10.2. The number of hydrogen-bond acceptors (Lipinski definition) is 4. The van der Waals surface area contributed by atoms with Gasteiger partial charge in [-0.05, 0) is 40.1 Å². The highest BCUT2D eigenvalue weighted by molar-refractivity contribution is 9.12. The maximum absolute atomic E-state index is 11.2. The van der Waals surface area contributed by atoms with Crippen molar-refractivity contribution >= 4 is 30.2 Å². The van der Waals surface area contributed by atoms with Crippen molar-refractivity contribution in [3.8, 4) is 0 Å². The van der Waals surface area contributed by atoms with Gasteiger partial charge in [0, 0.05) is 0 Å². The zero-order valence-corrected chi connectivity index (χ0v) is 15.2. The van der Waals surface area contributed by atoms with Crippen molar-refractivity contribution in [1.82, 2.24) is 0 Å². The van der Waals surface area contributed by atoms with E-state index in [9.17, 15) is 9.90 Å². The molecule has 0 radical (unpaired) electrons. The average molecular weight is 363 g/mol. The summed E-state index contributed by atoms with van der Waals surface area (Å²) in [5, 5.41) is 10.1. The van der Waals surface area contributed by atoms with Crippen LogP contribution >= 0.6 is 15.9 Å². The van der Waals surface area contributed by atoms with Crippen LogP contribution in [0.3, 0.4) is 0 Å². The van der Waals surface area contributed by atoms with E-state index in [-0.39, 0.29) is 5.04 Å². The molecule has 0 unspecified atom stereocenters. The highest BCUT2D eigenvalue weighted by atomic mass is 79.9. The fourth-order valence-electron chi connectivity index (χ4n) is 1.37. The Labute approximate surface area is 130 Å². The molecule has 0 aromatic heterocycles. The molecule has 0 bridgehead atoms. The second kappa shape index (κ2) is 6.55. The molecule has 0 spiro atoms. The summed E-state index contributed by atoms with van der Waals surface area (Å²) >= 11 is 3.07. The summed E-state index contributed by atoms with van der Waals surface area (Å²) in [6.45, 7) is 11.3. The molecule has 0 amide bonds. The average Bonchev–Trinajstić information content (AvgIpc) is 2.63. The fourth-order valence-corrected chi connectivity index (χ4v) is 2.67. The lowest BCUT2D eigenvalue weighted by Crippen LogP contribution is -2.40. The second-order valence-corrected chi connectivity index (χ2v) is 12.0. The summed E-state index contributed by atoms with van der Waals surface area (Å²) in [5.74, 6) is -0.444. The van der Waals surface area contributed by atoms with Crippen molar-refractivity contribution in [2.24, 2.45) is 0 Å². The number of esters is 1. The summed E-state index contributed by atoms with van der Waals surface area (Å²) in [6.07, 6.45) is 3.47. The number of carbonyl (C=O) groups is 1. The Morgan fingerprint density at radius 2 is 2.15 bits per heavy atom. The summed E-state index contributed by atoms with van der Waals surface area (Å²) in [5.41, 5.74) is 0. The normalized spacial score (nSPS) is 22.1. The third-order valence-electron chi connectivity index (χ3n) is 3.77. The largest absolute Gasteiger partial charge is 0.451 e. The van der Waals surface area contributed by atoms with Crippen molar-refractivity contribution in [3.63, 3.8) is 0 Å². The number of ether oxygens (including phenoxy) is 1. The molecule has 114 valence electrons. The van der Waals surface area contributed by atoms with E-state index in [0.717, 1.165) is 0 Å². The van der Waals surface area contributed by atoms with E-state index in [0.29, 0.717) is 11.1 Å². The second-order valence-electron chi connectivity index (χ2n) is 6.37. The Morgan fingerprint density at radius 3 is 2.60 bits per heavy atom. The van der Waals surface area contributed by atoms with Crippen molar-refractivity contribution in [2.75, 3.05) is 6.61 Å². The van der Waals surface area contributed by atoms with E-state index >= 15 is 0 Å². The predicted octanol–water partition coefficient (Wildman–Crippen LogP) is 3.13. The molecule has 6 heteroatoms. The molecule has 0 aromatic rings. The maximum Gasteiger partial charge on any atom is 0.345 e. The Kier molecular flexibility index (Phi) is 5.77. The number of aliphatic hydroxyl groups is 1. The van der Waals surface area contributed by atoms with Crippen LogP contribution in [0.4, 0.5) is 0 Å². The molecule has 2 atom stereocenters. The van der Waals surface area contributed by atoms with Crippen LogP contribution in [-0.2, 0) is 14.0 Å². The Bertz CT molecular complexity index is 423. The van der Waals surface area contributed by atoms with E-state index in [1.54, 1.807) is 18.2 Å². The quantitative estimate of drug-likeness (QED) is 0.463. The molecular weight excluding hydrogens is 340 g/mol. The maximum atomic E-state index is 11.2. The van der Waals surface area contributed by atoms with Crippen LogP contribution in [0.15, 0.2) is 22.7 Å². The lowest BCUT2D eigenvalue weighted by molar-refractivity contribution is -0.141. The molecule has 0 saturated carbocycles. The number of hydrogen-bond donors (Lipinski definition) is 1. The third-order valence-corrected chi connectivity index (χ3v) is 8.85. The van der Waals surface area contributed by atoms with Gasteiger partial charge in [-0.15, -0.1) is 0 Å². The minimum atomic E-state index is -1.77. The first kappa shape index (κ1) is 17.6.